The lowest BCUT2D eigenvalue weighted by atomic mass is 10.1. The highest BCUT2D eigenvalue weighted by molar-refractivity contribution is 9.10. The molecule has 0 aromatic heterocycles. The molecule has 7 heteroatoms. The van der Waals surface area contributed by atoms with Gasteiger partial charge in [0.25, 0.3) is 17.7 Å². The Kier molecular flexibility index (Phi) is 4.60. The van der Waals surface area contributed by atoms with Crippen molar-refractivity contribution in [1.29, 1.82) is 0 Å². The molecule has 0 radical (unpaired) electrons. The molecule has 0 aliphatic carbocycles. The van der Waals surface area contributed by atoms with Gasteiger partial charge in [-0.3, -0.25) is 19.3 Å². The minimum atomic E-state index is -0.382. The Hall–Kier alpha value is -3.19. The van der Waals surface area contributed by atoms with Crippen LogP contribution in [0.2, 0.25) is 0 Å². The van der Waals surface area contributed by atoms with Crippen LogP contribution in [0.15, 0.2) is 59.1 Å². The van der Waals surface area contributed by atoms with Gasteiger partial charge in [0.1, 0.15) is 5.75 Å². The fourth-order valence-corrected chi connectivity index (χ4v) is 3.71. The Labute approximate surface area is 169 Å². The highest BCUT2D eigenvalue weighted by atomic mass is 79.9. The number of carbonyl (C=O) groups is 3. The standard InChI is InChI=1S/C21H15BrN2O4/c1-24-20(26)15-8-7-13(10-16(15)21(24)27)23-18(25)11-28-17-9-6-12-4-2-3-5-14(12)19(17)22/h2-10H,11H2,1H3,(H,23,25). The van der Waals surface area contributed by atoms with E-state index >= 15 is 0 Å². The summed E-state index contributed by atoms with van der Waals surface area (Å²) in [6.07, 6.45) is 0. The van der Waals surface area contributed by atoms with Gasteiger partial charge in [0.05, 0.1) is 15.6 Å². The average Bonchev–Trinajstić information content (AvgIpc) is 2.91. The van der Waals surface area contributed by atoms with Crippen LogP contribution in [0, 0.1) is 0 Å². The second kappa shape index (κ2) is 7.09. The Balaban J connectivity index is 1.45. The van der Waals surface area contributed by atoms with Crippen LogP contribution in [0.25, 0.3) is 10.8 Å². The predicted octanol–water partition coefficient (Wildman–Crippen LogP) is 3.85. The van der Waals surface area contributed by atoms with E-state index in [1.54, 1.807) is 12.1 Å². The number of anilines is 1. The van der Waals surface area contributed by atoms with Crippen LogP contribution in [0.5, 0.6) is 5.75 Å². The maximum atomic E-state index is 12.3. The molecule has 3 aromatic rings. The fourth-order valence-electron chi connectivity index (χ4n) is 3.10. The smallest absolute Gasteiger partial charge is 0.262 e. The number of ether oxygens (including phenoxy) is 1. The van der Waals surface area contributed by atoms with Gasteiger partial charge in [0.2, 0.25) is 0 Å². The maximum Gasteiger partial charge on any atom is 0.262 e. The van der Waals surface area contributed by atoms with Crippen molar-refractivity contribution < 1.29 is 19.1 Å². The molecule has 0 spiro atoms. The third-order valence-corrected chi connectivity index (χ3v) is 5.38. The maximum absolute atomic E-state index is 12.3. The lowest BCUT2D eigenvalue weighted by Crippen LogP contribution is -2.24. The summed E-state index contributed by atoms with van der Waals surface area (Å²) < 4.78 is 6.42. The lowest BCUT2D eigenvalue weighted by Gasteiger charge is -2.11. The SMILES string of the molecule is CN1C(=O)c2ccc(NC(=O)COc3ccc4ccccc4c3Br)cc2C1=O. The Morgan fingerprint density at radius 3 is 2.61 bits per heavy atom. The highest BCUT2D eigenvalue weighted by Gasteiger charge is 2.32. The zero-order chi connectivity index (χ0) is 19.8. The molecule has 0 bridgehead atoms. The van der Waals surface area contributed by atoms with E-state index in [-0.39, 0.29) is 29.9 Å². The van der Waals surface area contributed by atoms with Gasteiger partial charge >= 0.3 is 0 Å². The van der Waals surface area contributed by atoms with Gasteiger partial charge in [-0.15, -0.1) is 0 Å². The summed E-state index contributed by atoms with van der Waals surface area (Å²) in [4.78, 5) is 37.3. The van der Waals surface area contributed by atoms with Crippen LogP contribution in [-0.4, -0.2) is 36.3 Å². The van der Waals surface area contributed by atoms with Crippen molar-refractivity contribution in [3.8, 4) is 5.75 Å². The van der Waals surface area contributed by atoms with Crippen LogP contribution in [0.1, 0.15) is 20.7 Å². The molecule has 1 heterocycles. The van der Waals surface area contributed by atoms with Gasteiger partial charge in [0, 0.05) is 12.7 Å². The number of hydrogen-bond acceptors (Lipinski definition) is 4. The summed E-state index contributed by atoms with van der Waals surface area (Å²) in [5, 5.41) is 4.74. The first-order chi connectivity index (χ1) is 13.5. The molecule has 3 aromatic carbocycles. The summed E-state index contributed by atoms with van der Waals surface area (Å²) >= 11 is 3.52. The first kappa shape index (κ1) is 18.2. The van der Waals surface area contributed by atoms with Crippen molar-refractivity contribution in [2.45, 2.75) is 0 Å². The summed E-state index contributed by atoms with van der Waals surface area (Å²) in [5.74, 6) is -0.537. The van der Waals surface area contributed by atoms with Gasteiger partial charge in [-0.1, -0.05) is 30.3 Å². The van der Waals surface area contributed by atoms with Gasteiger partial charge in [-0.05, 0) is 51.0 Å². The molecule has 0 unspecified atom stereocenters. The first-order valence-electron chi connectivity index (χ1n) is 8.52. The number of nitrogens with zero attached hydrogens (tertiary/aromatic N) is 1. The number of hydrogen-bond donors (Lipinski definition) is 1. The van der Waals surface area contributed by atoms with Crippen molar-refractivity contribution in [2.75, 3.05) is 19.0 Å². The van der Waals surface area contributed by atoms with Crippen LogP contribution < -0.4 is 10.1 Å². The number of fused-ring (bicyclic) bond motifs is 2. The first-order valence-corrected chi connectivity index (χ1v) is 9.31. The van der Waals surface area contributed by atoms with Gasteiger partial charge in [-0.2, -0.15) is 0 Å². The van der Waals surface area contributed by atoms with Crippen molar-refractivity contribution >= 4 is 50.1 Å². The number of amides is 3. The van der Waals surface area contributed by atoms with E-state index < -0.39 is 0 Å². The molecule has 4 rings (SSSR count). The molecule has 6 nitrogen and oxygen atoms in total. The van der Waals surface area contributed by atoms with Crippen molar-refractivity contribution in [3.05, 3.63) is 70.2 Å². The lowest BCUT2D eigenvalue weighted by molar-refractivity contribution is -0.118. The average molecular weight is 439 g/mol. The van der Waals surface area contributed by atoms with E-state index in [0.717, 1.165) is 20.1 Å². The molecule has 1 aliphatic rings. The topological polar surface area (TPSA) is 75.7 Å². The summed E-state index contributed by atoms with van der Waals surface area (Å²) in [7, 11) is 1.43. The minimum absolute atomic E-state index is 0.194. The van der Waals surface area contributed by atoms with E-state index in [1.807, 2.05) is 30.3 Å². The number of benzene rings is 3. The van der Waals surface area contributed by atoms with Gasteiger partial charge < -0.3 is 10.1 Å². The van der Waals surface area contributed by atoms with Crippen LogP contribution in [0.3, 0.4) is 0 Å². The minimum Gasteiger partial charge on any atom is -0.483 e. The molecule has 0 saturated carbocycles. The van der Waals surface area contributed by atoms with E-state index in [4.69, 9.17) is 4.74 Å². The van der Waals surface area contributed by atoms with E-state index in [2.05, 4.69) is 21.2 Å². The van der Waals surface area contributed by atoms with Crippen molar-refractivity contribution in [3.63, 3.8) is 0 Å². The normalized spacial score (nSPS) is 13.0. The number of nitrogens with one attached hydrogen (secondary N) is 1. The van der Waals surface area contributed by atoms with E-state index in [1.165, 1.54) is 19.2 Å². The zero-order valence-electron chi connectivity index (χ0n) is 14.9. The Morgan fingerprint density at radius 2 is 1.79 bits per heavy atom. The van der Waals surface area contributed by atoms with Gasteiger partial charge in [-0.25, -0.2) is 0 Å². The number of imide groups is 1. The third-order valence-electron chi connectivity index (χ3n) is 4.56. The molecule has 0 saturated heterocycles. The zero-order valence-corrected chi connectivity index (χ0v) is 16.4. The Bertz CT molecular complexity index is 1140. The largest absolute Gasteiger partial charge is 0.483 e. The van der Waals surface area contributed by atoms with E-state index in [0.29, 0.717) is 17.0 Å². The fraction of sp³-hybridized carbons (Fsp3) is 0.0952. The van der Waals surface area contributed by atoms with Crippen LogP contribution >= 0.6 is 15.9 Å². The number of carbonyl (C=O) groups excluding carboxylic acids is 3. The van der Waals surface area contributed by atoms with Gasteiger partial charge in [0.15, 0.2) is 6.61 Å². The number of rotatable bonds is 4. The summed E-state index contributed by atoms with van der Waals surface area (Å²) in [6.45, 7) is -0.194. The molecule has 1 aliphatic heterocycles. The third kappa shape index (κ3) is 3.14. The molecule has 0 fully saturated rings. The quantitative estimate of drug-likeness (QED) is 0.627. The van der Waals surface area contributed by atoms with Crippen molar-refractivity contribution in [2.24, 2.45) is 0 Å². The molecule has 3 amide bonds. The van der Waals surface area contributed by atoms with Crippen molar-refractivity contribution in [1.82, 2.24) is 4.90 Å². The molecular weight excluding hydrogens is 424 g/mol. The Morgan fingerprint density at radius 1 is 1.04 bits per heavy atom. The van der Waals surface area contributed by atoms with Crippen LogP contribution in [0.4, 0.5) is 5.69 Å². The highest BCUT2D eigenvalue weighted by Crippen LogP contribution is 2.33. The molecule has 28 heavy (non-hydrogen) atoms. The van der Waals surface area contributed by atoms with E-state index in [9.17, 15) is 14.4 Å². The number of halogens is 1. The molecule has 0 atom stereocenters. The second-order valence-corrected chi connectivity index (χ2v) is 7.16. The molecule has 1 N–H and O–H groups in total. The van der Waals surface area contributed by atoms with Crippen LogP contribution in [-0.2, 0) is 4.79 Å². The summed E-state index contributed by atoms with van der Waals surface area (Å²) in [5.41, 5.74) is 1.05. The second-order valence-electron chi connectivity index (χ2n) is 6.37. The molecule has 140 valence electrons. The predicted molar refractivity (Wildman–Crippen MR) is 109 cm³/mol. The monoisotopic (exact) mass is 438 g/mol. The molecular formula is C21H15BrN2O4. The summed E-state index contributed by atoms with van der Waals surface area (Å²) in [6, 6.07) is 16.2.